The summed E-state index contributed by atoms with van der Waals surface area (Å²) in [5, 5.41) is 9.16. The standard InChI is InChI=1S/C20H22N4O3S/c25-18(14-24-20(26)27-19(22-24)15-7-2-1-3-8-15)21-13-16(17-9-6-12-28-17)23-10-4-5-11-23/h1-3,6-9,12,16H,4-5,10-11,13-14H2,(H,21,25). The topological polar surface area (TPSA) is 80.4 Å². The number of carbonyl (C=O) groups excluding carboxylic acids is 1. The van der Waals surface area contributed by atoms with Crippen molar-refractivity contribution in [3.63, 3.8) is 0 Å². The van der Waals surface area contributed by atoms with Crippen molar-refractivity contribution in [3.05, 3.63) is 63.3 Å². The molecular formula is C20H22N4O3S. The summed E-state index contributed by atoms with van der Waals surface area (Å²) in [7, 11) is 0. The normalized spacial score (nSPS) is 15.6. The zero-order valence-corrected chi connectivity index (χ0v) is 16.2. The number of rotatable bonds is 7. The molecule has 1 unspecified atom stereocenters. The number of hydrogen-bond donors (Lipinski definition) is 1. The maximum absolute atomic E-state index is 12.4. The second-order valence-electron chi connectivity index (χ2n) is 6.78. The molecule has 0 bridgehead atoms. The predicted molar refractivity (Wildman–Crippen MR) is 107 cm³/mol. The number of nitrogens with zero attached hydrogens (tertiary/aromatic N) is 3. The van der Waals surface area contributed by atoms with Crippen LogP contribution in [0, 0.1) is 0 Å². The number of nitrogens with one attached hydrogen (secondary N) is 1. The lowest BCUT2D eigenvalue weighted by Crippen LogP contribution is -2.38. The molecule has 1 aliphatic rings. The van der Waals surface area contributed by atoms with Crippen molar-refractivity contribution >= 4 is 17.2 Å². The second kappa shape index (κ2) is 8.53. The fourth-order valence-corrected chi connectivity index (χ4v) is 4.31. The summed E-state index contributed by atoms with van der Waals surface area (Å²) in [5.41, 5.74) is 0.700. The molecule has 0 saturated carbocycles. The van der Waals surface area contributed by atoms with Gasteiger partial charge in [0.25, 0.3) is 0 Å². The van der Waals surface area contributed by atoms with Crippen LogP contribution in [-0.4, -0.2) is 40.2 Å². The highest BCUT2D eigenvalue weighted by atomic mass is 32.1. The van der Waals surface area contributed by atoms with E-state index in [-0.39, 0.29) is 24.4 Å². The van der Waals surface area contributed by atoms with Gasteiger partial charge in [0.05, 0.1) is 6.04 Å². The molecule has 146 valence electrons. The number of thiophene rings is 1. The molecule has 0 aliphatic carbocycles. The van der Waals surface area contributed by atoms with Crippen molar-refractivity contribution in [1.29, 1.82) is 0 Å². The molecule has 4 rings (SSSR count). The summed E-state index contributed by atoms with van der Waals surface area (Å²) in [6, 6.07) is 13.5. The van der Waals surface area contributed by atoms with Crippen LogP contribution in [0.15, 0.2) is 57.1 Å². The van der Waals surface area contributed by atoms with Crippen molar-refractivity contribution in [1.82, 2.24) is 20.0 Å². The molecule has 1 fully saturated rings. The van der Waals surface area contributed by atoms with Crippen molar-refractivity contribution in [2.75, 3.05) is 19.6 Å². The third kappa shape index (κ3) is 4.23. The first-order valence-electron chi connectivity index (χ1n) is 9.38. The van der Waals surface area contributed by atoms with Gasteiger partial charge in [-0.3, -0.25) is 9.69 Å². The van der Waals surface area contributed by atoms with Gasteiger partial charge in [0.2, 0.25) is 11.8 Å². The van der Waals surface area contributed by atoms with Crippen LogP contribution in [0.2, 0.25) is 0 Å². The lowest BCUT2D eigenvalue weighted by atomic mass is 10.2. The summed E-state index contributed by atoms with van der Waals surface area (Å²) in [6.07, 6.45) is 2.37. The fourth-order valence-electron chi connectivity index (χ4n) is 3.45. The molecule has 1 N–H and O–H groups in total. The monoisotopic (exact) mass is 398 g/mol. The van der Waals surface area contributed by atoms with Crippen LogP contribution < -0.4 is 11.1 Å². The van der Waals surface area contributed by atoms with Gasteiger partial charge in [0, 0.05) is 17.0 Å². The number of hydrogen-bond acceptors (Lipinski definition) is 6. The van der Waals surface area contributed by atoms with Gasteiger partial charge in [-0.25, -0.2) is 4.79 Å². The number of carbonyl (C=O) groups is 1. The molecule has 1 atom stereocenters. The molecule has 1 amide bonds. The van der Waals surface area contributed by atoms with E-state index < -0.39 is 5.76 Å². The Hall–Kier alpha value is -2.71. The van der Waals surface area contributed by atoms with Crippen molar-refractivity contribution < 1.29 is 9.21 Å². The Kier molecular flexibility index (Phi) is 5.68. The van der Waals surface area contributed by atoms with Crippen molar-refractivity contribution in [2.45, 2.75) is 25.4 Å². The van der Waals surface area contributed by atoms with Gasteiger partial charge in [-0.1, -0.05) is 24.3 Å². The van der Waals surface area contributed by atoms with Gasteiger partial charge in [-0.15, -0.1) is 16.4 Å². The molecule has 7 nitrogen and oxygen atoms in total. The van der Waals surface area contributed by atoms with Crippen LogP contribution in [0.5, 0.6) is 0 Å². The van der Waals surface area contributed by atoms with E-state index >= 15 is 0 Å². The highest BCUT2D eigenvalue weighted by Crippen LogP contribution is 2.27. The molecule has 28 heavy (non-hydrogen) atoms. The van der Waals surface area contributed by atoms with E-state index in [1.165, 1.54) is 17.7 Å². The number of amides is 1. The van der Waals surface area contributed by atoms with Gasteiger partial charge in [0.15, 0.2) is 0 Å². The Labute approximate surface area is 166 Å². The first kappa shape index (κ1) is 18.6. The van der Waals surface area contributed by atoms with Gasteiger partial charge >= 0.3 is 5.76 Å². The maximum atomic E-state index is 12.4. The minimum Gasteiger partial charge on any atom is -0.388 e. The van der Waals surface area contributed by atoms with E-state index in [2.05, 4.69) is 26.8 Å². The molecule has 8 heteroatoms. The molecule has 1 aromatic carbocycles. The SMILES string of the molecule is O=C(Cn1nc(-c2ccccc2)oc1=O)NCC(c1cccs1)N1CCCC1. The van der Waals surface area contributed by atoms with Crippen LogP contribution in [0.4, 0.5) is 0 Å². The third-order valence-electron chi connectivity index (χ3n) is 4.87. The largest absolute Gasteiger partial charge is 0.437 e. The van der Waals surface area contributed by atoms with E-state index in [1.54, 1.807) is 23.5 Å². The van der Waals surface area contributed by atoms with E-state index in [9.17, 15) is 9.59 Å². The van der Waals surface area contributed by atoms with Crippen LogP contribution in [0.25, 0.3) is 11.5 Å². The Morgan fingerprint density at radius 2 is 1.96 bits per heavy atom. The van der Waals surface area contributed by atoms with E-state index in [0.29, 0.717) is 12.1 Å². The molecule has 1 aliphatic heterocycles. The summed E-state index contributed by atoms with van der Waals surface area (Å²) < 4.78 is 6.24. The Bertz CT molecular complexity index is 959. The van der Waals surface area contributed by atoms with Gasteiger partial charge in [0.1, 0.15) is 6.54 Å². The minimum absolute atomic E-state index is 0.160. The highest BCUT2D eigenvalue weighted by molar-refractivity contribution is 7.10. The van der Waals surface area contributed by atoms with Crippen LogP contribution >= 0.6 is 11.3 Å². The zero-order valence-electron chi connectivity index (χ0n) is 15.4. The molecular weight excluding hydrogens is 376 g/mol. The van der Waals surface area contributed by atoms with Crippen molar-refractivity contribution in [3.8, 4) is 11.5 Å². The lowest BCUT2D eigenvalue weighted by Gasteiger charge is -2.26. The fraction of sp³-hybridized carbons (Fsp3) is 0.350. The van der Waals surface area contributed by atoms with Crippen molar-refractivity contribution in [2.24, 2.45) is 0 Å². The quantitative estimate of drug-likeness (QED) is 0.661. The zero-order chi connectivity index (χ0) is 19.3. The van der Waals surface area contributed by atoms with E-state index in [1.807, 2.05) is 24.3 Å². The van der Waals surface area contributed by atoms with Gasteiger partial charge in [-0.05, 0) is 49.5 Å². The average Bonchev–Trinajstić information content (AvgIpc) is 3.47. The summed E-state index contributed by atoms with van der Waals surface area (Å²) in [5.74, 6) is -0.675. The summed E-state index contributed by atoms with van der Waals surface area (Å²) >= 11 is 1.70. The molecule has 3 aromatic rings. The smallest absolute Gasteiger partial charge is 0.388 e. The van der Waals surface area contributed by atoms with Crippen LogP contribution in [0.3, 0.4) is 0 Å². The Morgan fingerprint density at radius 3 is 2.68 bits per heavy atom. The first-order chi connectivity index (χ1) is 13.7. The number of likely N-dealkylation sites (tertiary alicyclic amines) is 1. The van der Waals surface area contributed by atoms with Gasteiger partial charge in [-0.2, -0.15) is 4.68 Å². The number of aromatic nitrogens is 2. The molecule has 0 spiro atoms. The molecule has 1 saturated heterocycles. The van der Waals surface area contributed by atoms with Gasteiger partial charge < -0.3 is 9.73 Å². The Morgan fingerprint density at radius 1 is 1.18 bits per heavy atom. The van der Waals surface area contributed by atoms with E-state index in [4.69, 9.17) is 4.42 Å². The summed E-state index contributed by atoms with van der Waals surface area (Å²) in [4.78, 5) is 28.1. The maximum Gasteiger partial charge on any atom is 0.437 e. The molecule has 3 heterocycles. The summed E-state index contributed by atoms with van der Waals surface area (Å²) in [6.45, 7) is 2.44. The number of benzene rings is 1. The predicted octanol–water partition coefficient (Wildman–Crippen LogP) is 2.52. The van der Waals surface area contributed by atoms with Crippen LogP contribution in [0.1, 0.15) is 23.8 Å². The van der Waals surface area contributed by atoms with Crippen LogP contribution in [-0.2, 0) is 11.3 Å². The second-order valence-corrected chi connectivity index (χ2v) is 7.75. The lowest BCUT2D eigenvalue weighted by molar-refractivity contribution is -0.122. The minimum atomic E-state index is -0.636. The highest BCUT2D eigenvalue weighted by Gasteiger charge is 2.25. The first-order valence-corrected chi connectivity index (χ1v) is 10.3. The van der Waals surface area contributed by atoms with E-state index in [0.717, 1.165) is 17.8 Å². The molecule has 2 aromatic heterocycles. The average molecular weight is 398 g/mol. The third-order valence-corrected chi connectivity index (χ3v) is 5.84. The molecule has 0 radical (unpaired) electrons. The Balaban J connectivity index is 1.40.